The van der Waals surface area contributed by atoms with E-state index in [1.807, 2.05) is 64.0 Å². The van der Waals surface area contributed by atoms with Crippen LogP contribution in [0.15, 0.2) is 42.5 Å². The van der Waals surface area contributed by atoms with E-state index in [0.29, 0.717) is 25.2 Å². The lowest BCUT2D eigenvalue weighted by atomic mass is 9.85. The maximum absolute atomic E-state index is 13.3. The summed E-state index contributed by atoms with van der Waals surface area (Å²) in [7, 11) is 5.60. The molecular formula is C26H33N3O4. The SMILES string of the molecule is CN(C)C/C=C/C(=O)N(C)c1cccc2c1CN(C(=O)c1cc(C(C)(C)C)c(O)cc1O)C2. The van der Waals surface area contributed by atoms with Gasteiger partial charge in [0.2, 0.25) is 5.91 Å². The number of carbonyl (C=O) groups excluding carboxylic acids is 2. The Balaban J connectivity index is 1.86. The van der Waals surface area contributed by atoms with Gasteiger partial charge in [-0.15, -0.1) is 0 Å². The standard InChI is InChI=1S/C26H33N3O4/c1-26(2,3)20-13-18(22(30)14-23(20)31)25(33)29-15-17-9-7-10-21(19(17)16-29)28(6)24(32)11-8-12-27(4)5/h7-11,13-14,30-31H,12,15-16H2,1-6H3/b11-8+. The lowest BCUT2D eigenvalue weighted by Gasteiger charge is -2.23. The Labute approximate surface area is 195 Å². The number of fused-ring (bicyclic) bond motifs is 1. The van der Waals surface area contributed by atoms with Crippen molar-refractivity contribution < 1.29 is 19.8 Å². The molecule has 0 saturated heterocycles. The second-order valence-corrected chi connectivity index (χ2v) is 9.77. The Morgan fingerprint density at radius 2 is 1.76 bits per heavy atom. The highest BCUT2D eigenvalue weighted by Crippen LogP contribution is 2.38. The number of hydrogen-bond donors (Lipinski definition) is 2. The summed E-state index contributed by atoms with van der Waals surface area (Å²) in [5.41, 5.74) is 2.99. The smallest absolute Gasteiger partial charge is 0.258 e. The van der Waals surface area contributed by atoms with Crippen LogP contribution in [0.2, 0.25) is 0 Å². The van der Waals surface area contributed by atoms with Gasteiger partial charge in [0.25, 0.3) is 5.91 Å². The van der Waals surface area contributed by atoms with Crippen molar-refractivity contribution in [3.8, 4) is 11.5 Å². The van der Waals surface area contributed by atoms with E-state index in [-0.39, 0.29) is 28.9 Å². The molecule has 3 rings (SSSR count). The zero-order valence-corrected chi connectivity index (χ0v) is 20.2. The lowest BCUT2D eigenvalue weighted by molar-refractivity contribution is -0.113. The van der Waals surface area contributed by atoms with Gasteiger partial charge in [0.1, 0.15) is 11.5 Å². The van der Waals surface area contributed by atoms with Gasteiger partial charge in [-0.1, -0.05) is 39.0 Å². The van der Waals surface area contributed by atoms with Gasteiger partial charge in [0, 0.05) is 55.6 Å². The summed E-state index contributed by atoms with van der Waals surface area (Å²) in [5.74, 6) is -0.743. The molecule has 176 valence electrons. The molecule has 0 unspecified atom stereocenters. The third-order valence-corrected chi connectivity index (χ3v) is 5.82. The number of anilines is 1. The molecule has 7 heteroatoms. The number of phenols is 2. The van der Waals surface area contributed by atoms with Crippen LogP contribution in [0.5, 0.6) is 11.5 Å². The van der Waals surface area contributed by atoms with Crippen LogP contribution in [0.3, 0.4) is 0 Å². The van der Waals surface area contributed by atoms with Crippen LogP contribution >= 0.6 is 0 Å². The van der Waals surface area contributed by atoms with E-state index < -0.39 is 5.41 Å². The third-order valence-electron chi connectivity index (χ3n) is 5.82. The van der Waals surface area contributed by atoms with Gasteiger partial charge in [0.05, 0.1) is 5.56 Å². The van der Waals surface area contributed by atoms with Crippen molar-refractivity contribution in [3.63, 3.8) is 0 Å². The molecule has 1 aliphatic rings. The lowest BCUT2D eigenvalue weighted by Crippen LogP contribution is -2.27. The van der Waals surface area contributed by atoms with Crippen molar-refractivity contribution in [2.24, 2.45) is 0 Å². The number of nitrogens with zero attached hydrogens (tertiary/aromatic N) is 3. The average Bonchev–Trinajstić information content (AvgIpc) is 3.16. The first kappa shape index (κ1) is 24.3. The van der Waals surface area contributed by atoms with E-state index in [4.69, 9.17) is 0 Å². The molecule has 0 bridgehead atoms. The first-order chi connectivity index (χ1) is 15.4. The molecule has 2 amide bonds. The molecule has 0 fully saturated rings. The van der Waals surface area contributed by atoms with Crippen LogP contribution in [0.25, 0.3) is 0 Å². The average molecular weight is 452 g/mol. The number of rotatable bonds is 5. The summed E-state index contributed by atoms with van der Waals surface area (Å²) in [5, 5.41) is 20.6. The fourth-order valence-electron chi connectivity index (χ4n) is 3.98. The number of likely N-dealkylation sites (N-methyl/N-ethyl adjacent to an activating group) is 2. The van der Waals surface area contributed by atoms with E-state index in [2.05, 4.69) is 0 Å². The molecular weight excluding hydrogens is 418 g/mol. The molecule has 33 heavy (non-hydrogen) atoms. The van der Waals surface area contributed by atoms with Crippen LogP contribution in [0.4, 0.5) is 5.69 Å². The minimum absolute atomic E-state index is 0.0361. The monoisotopic (exact) mass is 451 g/mol. The predicted octanol–water partition coefficient (Wildman–Crippen LogP) is 3.63. The molecule has 0 atom stereocenters. The minimum atomic E-state index is -0.392. The summed E-state index contributed by atoms with van der Waals surface area (Å²) < 4.78 is 0. The molecule has 2 N–H and O–H groups in total. The van der Waals surface area contributed by atoms with Gasteiger partial charge in [-0.3, -0.25) is 9.59 Å². The number of aromatic hydroxyl groups is 2. The summed E-state index contributed by atoms with van der Waals surface area (Å²) in [4.78, 5) is 31.2. The summed E-state index contributed by atoms with van der Waals surface area (Å²) in [6.07, 6.45) is 3.37. The van der Waals surface area contributed by atoms with Crippen molar-refractivity contribution in [1.82, 2.24) is 9.80 Å². The third kappa shape index (κ3) is 5.20. The highest BCUT2D eigenvalue weighted by atomic mass is 16.3. The first-order valence-corrected chi connectivity index (χ1v) is 11.0. The summed E-state index contributed by atoms with van der Waals surface area (Å²) in [6.45, 7) is 7.18. The fraction of sp³-hybridized carbons (Fsp3) is 0.385. The molecule has 0 saturated carbocycles. The van der Waals surface area contributed by atoms with Gasteiger partial charge >= 0.3 is 0 Å². The Morgan fingerprint density at radius 1 is 1.06 bits per heavy atom. The van der Waals surface area contributed by atoms with Crippen LogP contribution in [-0.2, 0) is 23.3 Å². The van der Waals surface area contributed by atoms with Gasteiger partial charge < -0.3 is 24.9 Å². The second kappa shape index (κ2) is 9.27. The molecule has 0 spiro atoms. The van der Waals surface area contributed by atoms with Gasteiger partial charge in [-0.05, 0) is 37.2 Å². The quantitative estimate of drug-likeness (QED) is 0.678. The molecule has 2 aromatic rings. The first-order valence-electron chi connectivity index (χ1n) is 11.0. The Hall–Kier alpha value is -3.32. The van der Waals surface area contributed by atoms with E-state index >= 15 is 0 Å². The highest BCUT2D eigenvalue weighted by Gasteiger charge is 2.30. The van der Waals surface area contributed by atoms with Crippen LogP contribution in [0.1, 0.15) is 47.8 Å². The molecule has 1 aliphatic heterocycles. The molecule has 0 aromatic heterocycles. The fourth-order valence-corrected chi connectivity index (χ4v) is 3.98. The van der Waals surface area contributed by atoms with Gasteiger partial charge in [-0.25, -0.2) is 0 Å². The topological polar surface area (TPSA) is 84.3 Å². The van der Waals surface area contributed by atoms with Crippen molar-refractivity contribution in [1.29, 1.82) is 0 Å². The van der Waals surface area contributed by atoms with E-state index in [1.165, 1.54) is 6.07 Å². The van der Waals surface area contributed by atoms with Gasteiger partial charge in [-0.2, -0.15) is 0 Å². The van der Waals surface area contributed by atoms with Crippen molar-refractivity contribution in [2.45, 2.75) is 39.3 Å². The molecule has 7 nitrogen and oxygen atoms in total. The zero-order chi connectivity index (χ0) is 24.5. The van der Waals surface area contributed by atoms with E-state index in [0.717, 1.165) is 16.8 Å². The van der Waals surface area contributed by atoms with E-state index in [9.17, 15) is 19.8 Å². The minimum Gasteiger partial charge on any atom is -0.508 e. The molecule has 1 heterocycles. The maximum Gasteiger partial charge on any atom is 0.258 e. The number of phenolic OH excluding ortho intramolecular Hbond substituents is 2. The van der Waals surface area contributed by atoms with Crippen molar-refractivity contribution in [2.75, 3.05) is 32.6 Å². The number of benzene rings is 2. The Kier molecular flexibility index (Phi) is 6.84. The zero-order valence-electron chi connectivity index (χ0n) is 20.2. The second-order valence-electron chi connectivity index (χ2n) is 9.77. The van der Waals surface area contributed by atoms with Gasteiger partial charge in [0.15, 0.2) is 0 Å². The normalized spacial score (nSPS) is 13.6. The van der Waals surface area contributed by atoms with Crippen molar-refractivity contribution in [3.05, 3.63) is 64.7 Å². The number of amides is 2. The van der Waals surface area contributed by atoms with Crippen LogP contribution in [0, 0.1) is 0 Å². The number of carbonyl (C=O) groups is 2. The predicted molar refractivity (Wildman–Crippen MR) is 130 cm³/mol. The molecule has 2 aromatic carbocycles. The Morgan fingerprint density at radius 3 is 2.39 bits per heavy atom. The van der Waals surface area contributed by atoms with Crippen LogP contribution < -0.4 is 4.90 Å². The number of hydrogen-bond acceptors (Lipinski definition) is 5. The Bertz CT molecular complexity index is 1100. The van der Waals surface area contributed by atoms with E-state index in [1.54, 1.807) is 29.0 Å². The highest BCUT2D eigenvalue weighted by molar-refractivity contribution is 6.02. The largest absolute Gasteiger partial charge is 0.508 e. The molecule has 0 radical (unpaired) electrons. The summed E-state index contributed by atoms with van der Waals surface area (Å²) in [6, 6.07) is 8.51. The van der Waals surface area contributed by atoms with Crippen molar-refractivity contribution >= 4 is 17.5 Å². The van der Waals surface area contributed by atoms with Crippen LogP contribution in [-0.4, -0.2) is 59.5 Å². The molecule has 0 aliphatic carbocycles. The summed E-state index contributed by atoms with van der Waals surface area (Å²) >= 11 is 0. The maximum atomic E-state index is 13.3.